The van der Waals surface area contributed by atoms with Crippen LogP contribution in [0.25, 0.3) is 27.8 Å². The molecule has 3 aromatic carbocycles. The van der Waals surface area contributed by atoms with Gasteiger partial charge in [-0.3, -0.25) is 0 Å². The fourth-order valence-corrected chi connectivity index (χ4v) is 3.10. The molecule has 0 radical (unpaired) electrons. The Bertz CT molecular complexity index is 1080. The minimum Gasteiger partial charge on any atom is -0.309 e. The standard InChI is InChI=1S/C21H13F4N/c22-18-7-3-2-6-17(18)20-13-14-5-1-4-8-19(14)26(20)16-11-9-15(10-12-16)21(23,24)25/h1-13H. The summed E-state index contributed by atoms with van der Waals surface area (Å²) in [5.74, 6) is -0.386. The first-order valence-electron chi connectivity index (χ1n) is 7.98. The number of para-hydroxylation sites is 1. The molecule has 0 amide bonds. The highest BCUT2D eigenvalue weighted by Crippen LogP contribution is 2.34. The van der Waals surface area contributed by atoms with E-state index >= 15 is 0 Å². The third-order valence-corrected chi connectivity index (χ3v) is 4.31. The Kier molecular flexibility index (Phi) is 3.80. The van der Waals surface area contributed by atoms with Gasteiger partial charge in [0.2, 0.25) is 0 Å². The third kappa shape index (κ3) is 2.75. The normalized spacial score (nSPS) is 11.8. The molecule has 0 spiro atoms. The van der Waals surface area contributed by atoms with Crippen molar-refractivity contribution >= 4 is 10.9 Å². The van der Waals surface area contributed by atoms with Crippen LogP contribution >= 0.6 is 0 Å². The molecule has 26 heavy (non-hydrogen) atoms. The maximum atomic E-state index is 14.4. The van der Waals surface area contributed by atoms with Crippen molar-refractivity contribution in [3.63, 3.8) is 0 Å². The zero-order chi connectivity index (χ0) is 18.3. The average Bonchev–Trinajstić information content (AvgIpc) is 3.00. The lowest BCUT2D eigenvalue weighted by Crippen LogP contribution is -2.05. The third-order valence-electron chi connectivity index (χ3n) is 4.31. The van der Waals surface area contributed by atoms with Gasteiger partial charge in [0.25, 0.3) is 0 Å². The summed E-state index contributed by atoms with van der Waals surface area (Å²) in [6.45, 7) is 0. The number of alkyl halides is 3. The van der Waals surface area contributed by atoms with Crippen LogP contribution in [0.3, 0.4) is 0 Å². The van der Waals surface area contributed by atoms with E-state index in [1.165, 1.54) is 18.2 Å². The summed E-state index contributed by atoms with van der Waals surface area (Å²) in [6, 6.07) is 20.5. The van der Waals surface area contributed by atoms with Crippen LogP contribution in [0.4, 0.5) is 17.6 Å². The summed E-state index contributed by atoms with van der Waals surface area (Å²) >= 11 is 0. The minimum absolute atomic E-state index is 0.386. The van der Waals surface area contributed by atoms with Crippen molar-refractivity contribution in [1.29, 1.82) is 0 Å². The number of halogens is 4. The molecule has 0 aliphatic carbocycles. The van der Waals surface area contributed by atoms with Gasteiger partial charge in [-0.15, -0.1) is 0 Å². The number of rotatable bonds is 2. The van der Waals surface area contributed by atoms with E-state index < -0.39 is 11.7 Å². The van der Waals surface area contributed by atoms with Gasteiger partial charge in [0.1, 0.15) is 5.82 Å². The monoisotopic (exact) mass is 355 g/mol. The Hall–Kier alpha value is -3.08. The zero-order valence-corrected chi connectivity index (χ0v) is 13.5. The topological polar surface area (TPSA) is 4.93 Å². The van der Waals surface area contributed by atoms with Gasteiger partial charge in [-0.25, -0.2) is 4.39 Å². The summed E-state index contributed by atoms with van der Waals surface area (Å²) in [5, 5.41) is 0.880. The highest BCUT2D eigenvalue weighted by molar-refractivity contribution is 5.89. The molecule has 0 saturated carbocycles. The highest BCUT2D eigenvalue weighted by Gasteiger charge is 2.30. The van der Waals surface area contributed by atoms with Gasteiger partial charge in [0.15, 0.2) is 0 Å². The summed E-state index contributed by atoms with van der Waals surface area (Å²) in [4.78, 5) is 0. The summed E-state index contributed by atoms with van der Waals surface area (Å²) in [5.41, 5.74) is 1.60. The Morgan fingerprint density at radius 2 is 1.38 bits per heavy atom. The second kappa shape index (κ2) is 6.02. The van der Waals surface area contributed by atoms with Crippen LogP contribution in [0.5, 0.6) is 0 Å². The predicted molar refractivity (Wildman–Crippen MR) is 93.7 cm³/mol. The minimum atomic E-state index is -4.40. The molecule has 1 heterocycles. The summed E-state index contributed by atoms with van der Waals surface area (Å²) in [6.07, 6.45) is -4.40. The van der Waals surface area contributed by atoms with E-state index in [0.29, 0.717) is 16.9 Å². The van der Waals surface area contributed by atoms with Crippen molar-refractivity contribution < 1.29 is 17.6 Å². The van der Waals surface area contributed by atoms with E-state index in [9.17, 15) is 17.6 Å². The van der Waals surface area contributed by atoms with E-state index in [2.05, 4.69) is 0 Å². The molecule has 0 aliphatic heterocycles. The van der Waals surface area contributed by atoms with Crippen LogP contribution < -0.4 is 0 Å². The van der Waals surface area contributed by atoms with E-state index in [1.807, 2.05) is 30.3 Å². The van der Waals surface area contributed by atoms with Gasteiger partial charge in [0.05, 0.1) is 16.8 Å². The molecule has 0 aliphatic rings. The lowest BCUT2D eigenvalue weighted by molar-refractivity contribution is -0.137. The van der Waals surface area contributed by atoms with Gasteiger partial charge in [0, 0.05) is 16.6 Å². The molecule has 130 valence electrons. The van der Waals surface area contributed by atoms with Gasteiger partial charge in [-0.05, 0) is 48.5 Å². The molecule has 1 aromatic heterocycles. The van der Waals surface area contributed by atoms with Gasteiger partial charge < -0.3 is 4.57 Å². The van der Waals surface area contributed by atoms with Gasteiger partial charge >= 0.3 is 6.18 Å². The molecule has 5 heteroatoms. The molecule has 4 aromatic rings. The number of hydrogen-bond acceptors (Lipinski definition) is 0. The molecule has 0 fully saturated rings. The molecule has 4 rings (SSSR count). The molecular formula is C21H13F4N. The summed E-state index contributed by atoms with van der Waals surface area (Å²) in [7, 11) is 0. The summed E-state index contributed by atoms with van der Waals surface area (Å²) < 4.78 is 54.7. The largest absolute Gasteiger partial charge is 0.416 e. The van der Waals surface area contributed by atoms with Crippen LogP contribution in [0.1, 0.15) is 5.56 Å². The van der Waals surface area contributed by atoms with Crippen molar-refractivity contribution in [2.24, 2.45) is 0 Å². The average molecular weight is 355 g/mol. The number of benzene rings is 3. The van der Waals surface area contributed by atoms with Crippen LogP contribution in [0.15, 0.2) is 78.9 Å². The molecule has 0 unspecified atom stereocenters. The lowest BCUT2D eigenvalue weighted by Gasteiger charge is -2.13. The Morgan fingerprint density at radius 1 is 0.731 bits per heavy atom. The van der Waals surface area contributed by atoms with Crippen molar-refractivity contribution in [2.45, 2.75) is 6.18 Å². The van der Waals surface area contributed by atoms with Crippen molar-refractivity contribution in [3.8, 4) is 16.9 Å². The second-order valence-electron chi connectivity index (χ2n) is 5.95. The second-order valence-corrected chi connectivity index (χ2v) is 5.95. The Balaban J connectivity index is 1.97. The smallest absolute Gasteiger partial charge is 0.309 e. The van der Waals surface area contributed by atoms with Gasteiger partial charge in [-0.1, -0.05) is 30.3 Å². The quantitative estimate of drug-likeness (QED) is 0.364. The van der Waals surface area contributed by atoms with Crippen LogP contribution in [-0.2, 0) is 6.18 Å². The fraction of sp³-hybridized carbons (Fsp3) is 0.0476. The lowest BCUT2D eigenvalue weighted by atomic mass is 10.1. The van der Waals surface area contributed by atoms with Crippen molar-refractivity contribution in [3.05, 3.63) is 90.2 Å². The van der Waals surface area contributed by atoms with E-state index in [1.54, 1.807) is 22.8 Å². The number of fused-ring (bicyclic) bond motifs is 1. The van der Waals surface area contributed by atoms with E-state index in [4.69, 9.17) is 0 Å². The first-order chi connectivity index (χ1) is 12.4. The molecule has 0 atom stereocenters. The van der Waals surface area contributed by atoms with Crippen LogP contribution in [-0.4, -0.2) is 4.57 Å². The van der Waals surface area contributed by atoms with E-state index in [-0.39, 0.29) is 5.82 Å². The fourth-order valence-electron chi connectivity index (χ4n) is 3.10. The zero-order valence-electron chi connectivity index (χ0n) is 13.5. The maximum absolute atomic E-state index is 14.4. The SMILES string of the molecule is Fc1ccccc1-c1cc2ccccc2n1-c1ccc(C(F)(F)F)cc1. The molecular weight excluding hydrogens is 342 g/mol. The Labute approximate surface area is 147 Å². The number of aromatic nitrogens is 1. The van der Waals surface area contributed by atoms with E-state index in [0.717, 1.165) is 23.0 Å². The molecule has 0 saturated heterocycles. The first kappa shape index (κ1) is 16.4. The highest BCUT2D eigenvalue weighted by atomic mass is 19.4. The Morgan fingerprint density at radius 3 is 2.08 bits per heavy atom. The van der Waals surface area contributed by atoms with Gasteiger partial charge in [-0.2, -0.15) is 13.2 Å². The first-order valence-corrected chi connectivity index (χ1v) is 7.98. The molecule has 0 bridgehead atoms. The molecule has 0 N–H and O–H groups in total. The van der Waals surface area contributed by atoms with Crippen LogP contribution in [0, 0.1) is 5.82 Å². The van der Waals surface area contributed by atoms with Crippen molar-refractivity contribution in [1.82, 2.24) is 4.57 Å². The predicted octanol–water partition coefficient (Wildman–Crippen LogP) is 6.46. The van der Waals surface area contributed by atoms with Crippen molar-refractivity contribution in [2.75, 3.05) is 0 Å². The number of hydrogen-bond donors (Lipinski definition) is 0. The number of nitrogens with zero attached hydrogens (tertiary/aromatic N) is 1. The molecule has 1 nitrogen and oxygen atoms in total. The van der Waals surface area contributed by atoms with Crippen LogP contribution in [0.2, 0.25) is 0 Å². The maximum Gasteiger partial charge on any atom is 0.416 e.